The lowest BCUT2D eigenvalue weighted by Gasteiger charge is -2.23. The maximum Gasteiger partial charge on any atom is 0.119 e. The molecule has 86 valence electrons. The molecule has 0 atom stereocenters. The van der Waals surface area contributed by atoms with Gasteiger partial charge in [0.25, 0.3) is 0 Å². The third-order valence-corrected chi connectivity index (χ3v) is 3.23. The first-order chi connectivity index (χ1) is 7.75. The van der Waals surface area contributed by atoms with Crippen LogP contribution in [0.3, 0.4) is 0 Å². The van der Waals surface area contributed by atoms with Crippen LogP contribution in [-0.2, 0) is 0 Å². The van der Waals surface area contributed by atoms with Gasteiger partial charge in [-0.1, -0.05) is 18.6 Å². The molecule has 3 heteroatoms. The first-order valence-corrected chi connectivity index (χ1v) is 6.23. The van der Waals surface area contributed by atoms with E-state index >= 15 is 0 Å². The average molecular weight is 235 g/mol. The van der Waals surface area contributed by atoms with E-state index in [0.717, 1.165) is 11.3 Å². The van der Waals surface area contributed by atoms with Gasteiger partial charge >= 0.3 is 0 Å². The third kappa shape index (κ3) is 2.95. The van der Waals surface area contributed by atoms with Crippen molar-refractivity contribution in [2.75, 3.05) is 0 Å². The minimum Gasteiger partial charge on any atom is -0.490 e. The fourth-order valence-electron chi connectivity index (χ4n) is 2.07. The van der Waals surface area contributed by atoms with Crippen LogP contribution in [0.1, 0.15) is 37.7 Å². The SMILES string of the molecule is NC(=S)c1ccc(OC2CCCCC2)cc1. The molecule has 0 spiro atoms. The summed E-state index contributed by atoms with van der Waals surface area (Å²) in [5, 5.41) is 0. The molecule has 2 nitrogen and oxygen atoms in total. The van der Waals surface area contributed by atoms with Crippen molar-refractivity contribution in [2.24, 2.45) is 5.73 Å². The lowest BCUT2D eigenvalue weighted by atomic mass is 9.98. The van der Waals surface area contributed by atoms with Crippen molar-refractivity contribution in [3.63, 3.8) is 0 Å². The van der Waals surface area contributed by atoms with E-state index in [1.165, 1.54) is 32.1 Å². The molecule has 16 heavy (non-hydrogen) atoms. The number of nitrogens with two attached hydrogens (primary N) is 1. The van der Waals surface area contributed by atoms with E-state index in [4.69, 9.17) is 22.7 Å². The summed E-state index contributed by atoms with van der Waals surface area (Å²) in [6, 6.07) is 7.73. The monoisotopic (exact) mass is 235 g/mol. The average Bonchev–Trinajstić information content (AvgIpc) is 2.31. The summed E-state index contributed by atoms with van der Waals surface area (Å²) in [6.07, 6.45) is 6.67. The zero-order valence-corrected chi connectivity index (χ0v) is 10.1. The van der Waals surface area contributed by atoms with E-state index < -0.39 is 0 Å². The van der Waals surface area contributed by atoms with Gasteiger partial charge in [0.05, 0.1) is 6.10 Å². The normalized spacial score (nSPS) is 17.0. The summed E-state index contributed by atoms with van der Waals surface area (Å²) in [6.45, 7) is 0. The molecule has 0 unspecified atom stereocenters. The highest BCUT2D eigenvalue weighted by Gasteiger charge is 2.14. The Labute approximate surface area is 102 Å². The van der Waals surface area contributed by atoms with Gasteiger partial charge in [-0.25, -0.2) is 0 Å². The van der Waals surface area contributed by atoms with Gasteiger partial charge in [-0.15, -0.1) is 0 Å². The fraction of sp³-hybridized carbons (Fsp3) is 0.462. The van der Waals surface area contributed by atoms with Gasteiger partial charge < -0.3 is 10.5 Å². The van der Waals surface area contributed by atoms with Crippen molar-refractivity contribution >= 4 is 17.2 Å². The van der Waals surface area contributed by atoms with Crippen LogP contribution < -0.4 is 10.5 Å². The number of rotatable bonds is 3. The molecule has 0 heterocycles. The minimum absolute atomic E-state index is 0.393. The van der Waals surface area contributed by atoms with E-state index in [1.54, 1.807) is 0 Å². The number of hydrogen-bond acceptors (Lipinski definition) is 2. The van der Waals surface area contributed by atoms with E-state index in [0.29, 0.717) is 11.1 Å². The van der Waals surface area contributed by atoms with Crippen LogP contribution in [0.4, 0.5) is 0 Å². The Hall–Kier alpha value is -1.09. The number of benzene rings is 1. The van der Waals surface area contributed by atoms with E-state index in [1.807, 2.05) is 24.3 Å². The summed E-state index contributed by atoms with van der Waals surface area (Å²) in [5.41, 5.74) is 6.43. The zero-order chi connectivity index (χ0) is 11.4. The fourth-order valence-corrected chi connectivity index (χ4v) is 2.21. The van der Waals surface area contributed by atoms with Crippen molar-refractivity contribution in [1.29, 1.82) is 0 Å². The molecule has 1 saturated carbocycles. The third-order valence-electron chi connectivity index (χ3n) is 2.99. The van der Waals surface area contributed by atoms with Crippen LogP contribution in [0, 0.1) is 0 Å². The molecule has 0 saturated heterocycles. The molecule has 1 aliphatic rings. The highest BCUT2D eigenvalue weighted by Crippen LogP contribution is 2.23. The Balaban J connectivity index is 1.96. The quantitative estimate of drug-likeness (QED) is 0.818. The van der Waals surface area contributed by atoms with Crippen molar-refractivity contribution in [3.8, 4) is 5.75 Å². The number of hydrogen-bond donors (Lipinski definition) is 1. The van der Waals surface area contributed by atoms with E-state index in [2.05, 4.69) is 0 Å². The van der Waals surface area contributed by atoms with Gasteiger partial charge in [-0.2, -0.15) is 0 Å². The number of thiocarbonyl (C=S) groups is 1. The molecule has 0 aliphatic heterocycles. The Morgan fingerprint density at radius 2 is 1.75 bits per heavy atom. The van der Waals surface area contributed by atoms with Crippen LogP contribution in [0.5, 0.6) is 5.75 Å². The lowest BCUT2D eigenvalue weighted by Crippen LogP contribution is -2.19. The van der Waals surface area contributed by atoms with Gasteiger partial charge in [0.1, 0.15) is 10.7 Å². The molecule has 0 amide bonds. The topological polar surface area (TPSA) is 35.2 Å². The zero-order valence-electron chi connectivity index (χ0n) is 9.32. The minimum atomic E-state index is 0.393. The Morgan fingerprint density at radius 1 is 1.12 bits per heavy atom. The van der Waals surface area contributed by atoms with Crippen LogP contribution in [0.25, 0.3) is 0 Å². The number of ether oxygens (including phenoxy) is 1. The second kappa shape index (κ2) is 5.30. The van der Waals surface area contributed by atoms with Gasteiger partial charge in [-0.05, 0) is 49.9 Å². The Bertz CT molecular complexity index is 355. The van der Waals surface area contributed by atoms with Gasteiger partial charge in [0.2, 0.25) is 0 Å². The summed E-state index contributed by atoms with van der Waals surface area (Å²) in [5.74, 6) is 0.923. The van der Waals surface area contributed by atoms with Crippen LogP contribution in [0.15, 0.2) is 24.3 Å². The summed E-state index contributed by atoms with van der Waals surface area (Å²) >= 11 is 4.90. The molecule has 2 rings (SSSR count). The smallest absolute Gasteiger partial charge is 0.119 e. The molecule has 0 bridgehead atoms. The first kappa shape index (κ1) is 11.4. The first-order valence-electron chi connectivity index (χ1n) is 5.82. The summed E-state index contributed by atoms with van der Waals surface area (Å²) in [4.78, 5) is 0.434. The molecule has 0 radical (unpaired) electrons. The van der Waals surface area contributed by atoms with Crippen molar-refractivity contribution < 1.29 is 4.74 Å². The van der Waals surface area contributed by atoms with Crippen LogP contribution in [0.2, 0.25) is 0 Å². The maximum absolute atomic E-state index is 5.91. The van der Waals surface area contributed by atoms with Crippen LogP contribution >= 0.6 is 12.2 Å². The predicted octanol–water partition coefficient (Wildman–Crippen LogP) is 3.03. The second-order valence-electron chi connectivity index (χ2n) is 4.27. The van der Waals surface area contributed by atoms with Crippen molar-refractivity contribution in [2.45, 2.75) is 38.2 Å². The largest absolute Gasteiger partial charge is 0.490 e. The predicted molar refractivity (Wildman–Crippen MR) is 69.8 cm³/mol. The second-order valence-corrected chi connectivity index (χ2v) is 4.71. The molecule has 1 aliphatic carbocycles. The molecule has 0 aromatic heterocycles. The standard InChI is InChI=1S/C13H17NOS/c14-13(16)10-6-8-12(9-7-10)15-11-4-2-1-3-5-11/h6-9,11H,1-5H2,(H2,14,16). The van der Waals surface area contributed by atoms with Gasteiger partial charge in [0, 0.05) is 5.56 Å². The van der Waals surface area contributed by atoms with Crippen molar-refractivity contribution in [1.82, 2.24) is 0 Å². The van der Waals surface area contributed by atoms with Crippen LogP contribution in [-0.4, -0.2) is 11.1 Å². The molecule has 2 N–H and O–H groups in total. The van der Waals surface area contributed by atoms with Gasteiger partial charge in [0.15, 0.2) is 0 Å². The summed E-state index contributed by atoms with van der Waals surface area (Å²) in [7, 11) is 0. The highest BCUT2D eigenvalue weighted by atomic mass is 32.1. The van der Waals surface area contributed by atoms with Gasteiger partial charge in [-0.3, -0.25) is 0 Å². The van der Waals surface area contributed by atoms with E-state index in [-0.39, 0.29) is 0 Å². The maximum atomic E-state index is 5.91. The molecule has 1 aromatic carbocycles. The molecular weight excluding hydrogens is 218 g/mol. The molecule has 1 fully saturated rings. The van der Waals surface area contributed by atoms with E-state index in [9.17, 15) is 0 Å². The lowest BCUT2D eigenvalue weighted by molar-refractivity contribution is 0.155. The Kier molecular flexibility index (Phi) is 3.78. The molecule has 1 aromatic rings. The molecular formula is C13H17NOS. The Morgan fingerprint density at radius 3 is 2.31 bits per heavy atom. The highest BCUT2D eigenvalue weighted by molar-refractivity contribution is 7.80. The summed E-state index contributed by atoms with van der Waals surface area (Å²) < 4.78 is 5.91. The van der Waals surface area contributed by atoms with Crippen molar-refractivity contribution in [3.05, 3.63) is 29.8 Å².